The predicted molar refractivity (Wildman–Crippen MR) is 50.4 cm³/mol. The van der Waals surface area contributed by atoms with E-state index in [-0.39, 0.29) is 13.1 Å². The van der Waals surface area contributed by atoms with Crippen molar-refractivity contribution in [1.29, 1.82) is 0 Å². The molecule has 0 aromatic heterocycles. The summed E-state index contributed by atoms with van der Waals surface area (Å²) in [5, 5.41) is 0. The topological polar surface area (TPSA) is 3.24 Å². The van der Waals surface area contributed by atoms with Crippen molar-refractivity contribution in [3.05, 3.63) is 12.2 Å². The van der Waals surface area contributed by atoms with Gasteiger partial charge in [0, 0.05) is 13.1 Å². The molecule has 1 heterocycles. The standard InChI is InChI=1S/C10H14F5N/c1-7(2)9(12,10(13,14)15)8(11)16-5-3-4-6-16/h8H,1,3-6H2,2H3/t8?,9-/m1/s1. The van der Waals surface area contributed by atoms with Crippen LogP contribution in [0.3, 0.4) is 0 Å². The zero-order valence-electron chi connectivity index (χ0n) is 8.95. The van der Waals surface area contributed by atoms with E-state index < -0.39 is 23.7 Å². The zero-order chi connectivity index (χ0) is 12.6. The van der Waals surface area contributed by atoms with E-state index in [1.54, 1.807) is 0 Å². The van der Waals surface area contributed by atoms with Crippen molar-refractivity contribution in [2.45, 2.75) is 37.9 Å². The van der Waals surface area contributed by atoms with Gasteiger partial charge in [-0.2, -0.15) is 13.2 Å². The summed E-state index contributed by atoms with van der Waals surface area (Å²) in [7, 11) is 0. The number of alkyl halides is 5. The summed E-state index contributed by atoms with van der Waals surface area (Å²) < 4.78 is 65.2. The van der Waals surface area contributed by atoms with Crippen LogP contribution in [0.1, 0.15) is 19.8 Å². The van der Waals surface area contributed by atoms with Crippen molar-refractivity contribution in [2.24, 2.45) is 0 Å². The van der Waals surface area contributed by atoms with Crippen LogP contribution in [0, 0.1) is 0 Å². The fraction of sp³-hybridized carbons (Fsp3) is 0.800. The second kappa shape index (κ2) is 4.31. The Bertz CT molecular complexity index is 269. The van der Waals surface area contributed by atoms with Crippen LogP contribution >= 0.6 is 0 Å². The molecule has 1 aliphatic rings. The number of rotatable bonds is 3. The van der Waals surface area contributed by atoms with Gasteiger partial charge in [0.25, 0.3) is 5.67 Å². The highest BCUT2D eigenvalue weighted by Crippen LogP contribution is 2.44. The summed E-state index contributed by atoms with van der Waals surface area (Å²) in [5.74, 6) is 0. The number of likely N-dealkylation sites (tertiary alicyclic amines) is 1. The minimum Gasteiger partial charge on any atom is -0.271 e. The lowest BCUT2D eigenvalue weighted by molar-refractivity contribution is -0.251. The van der Waals surface area contributed by atoms with Crippen LogP contribution in [0.4, 0.5) is 22.0 Å². The van der Waals surface area contributed by atoms with Crippen molar-refractivity contribution in [3.8, 4) is 0 Å². The van der Waals surface area contributed by atoms with Crippen LogP contribution in [0.2, 0.25) is 0 Å². The molecule has 1 unspecified atom stereocenters. The van der Waals surface area contributed by atoms with Gasteiger partial charge in [0.05, 0.1) is 0 Å². The first kappa shape index (κ1) is 13.4. The van der Waals surface area contributed by atoms with Gasteiger partial charge in [-0.25, -0.2) is 8.78 Å². The third-order valence-corrected chi connectivity index (χ3v) is 2.82. The Labute approximate surface area is 90.9 Å². The summed E-state index contributed by atoms with van der Waals surface area (Å²) >= 11 is 0. The van der Waals surface area contributed by atoms with Gasteiger partial charge >= 0.3 is 6.18 Å². The molecule has 0 aromatic carbocycles. The maximum absolute atomic E-state index is 13.8. The molecular weight excluding hydrogens is 229 g/mol. The summed E-state index contributed by atoms with van der Waals surface area (Å²) in [4.78, 5) is 0.877. The average Bonchev–Trinajstić information content (AvgIpc) is 2.65. The molecule has 1 fully saturated rings. The van der Waals surface area contributed by atoms with E-state index in [4.69, 9.17) is 0 Å². The molecule has 0 aliphatic carbocycles. The fourth-order valence-electron chi connectivity index (χ4n) is 1.80. The van der Waals surface area contributed by atoms with E-state index in [2.05, 4.69) is 6.58 Å². The molecular formula is C10H14F5N. The molecule has 94 valence electrons. The van der Waals surface area contributed by atoms with Crippen LogP contribution in [0.15, 0.2) is 12.2 Å². The van der Waals surface area contributed by atoms with Crippen molar-refractivity contribution >= 4 is 0 Å². The maximum atomic E-state index is 13.8. The largest absolute Gasteiger partial charge is 0.430 e. The second-order valence-electron chi connectivity index (χ2n) is 4.07. The first-order chi connectivity index (χ1) is 7.21. The van der Waals surface area contributed by atoms with Gasteiger partial charge in [-0.15, -0.1) is 0 Å². The molecule has 0 saturated carbocycles. The lowest BCUT2D eigenvalue weighted by Gasteiger charge is -2.35. The molecule has 6 heteroatoms. The van der Waals surface area contributed by atoms with Gasteiger partial charge in [-0.05, 0) is 25.3 Å². The molecule has 0 radical (unpaired) electrons. The van der Waals surface area contributed by atoms with E-state index in [1.165, 1.54) is 0 Å². The third-order valence-electron chi connectivity index (χ3n) is 2.82. The molecule has 0 spiro atoms. The van der Waals surface area contributed by atoms with Gasteiger partial charge in [0.2, 0.25) is 6.30 Å². The van der Waals surface area contributed by atoms with E-state index in [0.717, 1.165) is 11.8 Å². The van der Waals surface area contributed by atoms with E-state index >= 15 is 0 Å². The molecule has 0 amide bonds. The lowest BCUT2D eigenvalue weighted by atomic mass is 9.95. The number of hydrogen-bond acceptors (Lipinski definition) is 1. The smallest absolute Gasteiger partial charge is 0.271 e. The second-order valence-corrected chi connectivity index (χ2v) is 4.07. The van der Waals surface area contributed by atoms with Gasteiger partial charge < -0.3 is 0 Å². The highest BCUT2D eigenvalue weighted by Gasteiger charge is 2.64. The average molecular weight is 243 g/mol. The van der Waals surface area contributed by atoms with Gasteiger partial charge in [0.15, 0.2) is 0 Å². The molecule has 16 heavy (non-hydrogen) atoms. The highest BCUT2D eigenvalue weighted by atomic mass is 19.4. The summed E-state index contributed by atoms with van der Waals surface area (Å²) in [6.07, 6.45) is -6.80. The van der Waals surface area contributed by atoms with Crippen LogP contribution < -0.4 is 0 Å². The Morgan fingerprint density at radius 2 is 1.62 bits per heavy atom. The first-order valence-corrected chi connectivity index (χ1v) is 5.01. The molecule has 2 atom stereocenters. The van der Waals surface area contributed by atoms with Crippen LogP contribution in [-0.2, 0) is 0 Å². The van der Waals surface area contributed by atoms with Crippen molar-refractivity contribution in [2.75, 3.05) is 13.1 Å². The molecule has 1 aliphatic heterocycles. The quantitative estimate of drug-likeness (QED) is 0.418. The third kappa shape index (κ3) is 2.07. The normalized spacial score (nSPS) is 24.1. The first-order valence-electron chi connectivity index (χ1n) is 5.01. The lowest BCUT2D eigenvalue weighted by Crippen LogP contribution is -2.56. The van der Waals surface area contributed by atoms with Crippen molar-refractivity contribution in [3.63, 3.8) is 0 Å². The van der Waals surface area contributed by atoms with Crippen LogP contribution in [-0.4, -0.2) is 36.1 Å². The molecule has 0 bridgehead atoms. The monoisotopic (exact) mass is 243 g/mol. The highest BCUT2D eigenvalue weighted by molar-refractivity contribution is 5.17. The minimum atomic E-state index is -5.28. The van der Waals surface area contributed by atoms with E-state index in [1.807, 2.05) is 0 Å². The Kier molecular flexibility index (Phi) is 3.62. The predicted octanol–water partition coefficient (Wildman–Crippen LogP) is 3.22. The summed E-state index contributed by atoms with van der Waals surface area (Å²) in [6.45, 7) is 4.08. The van der Waals surface area contributed by atoms with Crippen molar-refractivity contribution < 1.29 is 22.0 Å². The zero-order valence-corrected chi connectivity index (χ0v) is 8.95. The maximum Gasteiger partial charge on any atom is 0.430 e. The SMILES string of the molecule is C=C(C)[C@@](F)(C(F)N1CCCC1)C(F)(F)F. The van der Waals surface area contributed by atoms with Crippen molar-refractivity contribution in [1.82, 2.24) is 4.90 Å². The Morgan fingerprint density at radius 3 is 1.94 bits per heavy atom. The van der Waals surface area contributed by atoms with E-state index in [0.29, 0.717) is 12.8 Å². The van der Waals surface area contributed by atoms with Gasteiger partial charge in [-0.3, -0.25) is 4.90 Å². The summed E-state index contributed by atoms with van der Waals surface area (Å²) in [5.41, 5.74) is -4.82. The molecule has 1 rings (SSSR count). The Morgan fingerprint density at radius 1 is 1.19 bits per heavy atom. The van der Waals surface area contributed by atoms with Gasteiger partial charge in [-0.1, -0.05) is 6.58 Å². The number of nitrogens with zero attached hydrogens (tertiary/aromatic N) is 1. The molecule has 1 saturated heterocycles. The number of halogens is 5. The van der Waals surface area contributed by atoms with Gasteiger partial charge in [0.1, 0.15) is 0 Å². The van der Waals surface area contributed by atoms with Crippen LogP contribution in [0.5, 0.6) is 0 Å². The fourth-order valence-corrected chi connectivity index (χ4v) is 1.80. The minimum absolute atomic E-state index is 0.149. The molecule has 1 nitrogen and oxygen atoms in total. The molecule has 0 aromatic rings. The molecule has 0 N–H and O–H groups in total. The van der Waals surface area contributed by atoms with E-state index in [9.17, 15) is 22.0 Å². The number of hydrogen-bond donors (Lipinski definition) is 0. The summed E-state index contributed by atoms with van der Waals surface area (Å²) in [6, 6.07) is 0. The Hall–Kier alpha value is -0.650. The van der Waals surface area contributed by atoms with Crippen LogP contribution in [0.25, 0.3) is 0 Å². The Balaban J connectivity index is 2.97.